The molecule has 3 N–H and O–H groups in total. The third-order valence-corrected chi connectivity index (χ3v) is 5.91. The summed E-state index contributed by atoms with van der Waals surface area (Å²) in [5, 5.41) is 11.8. The number of carbonyl (C=O) groups excluding carboxylic acids is 1. The van der Waals surface area contributed by atoms with E-state index in [1.54, 1.807) is 18.7 Å². The Hall–Kier alpha value is -0.310. The van der Waals surface area contributed by atoms with Crippen LogP contribution in [0.15, 0.2) is 0 Å². The Morgan fingerprint density at radius 3 is 2.57 bits per heavy atom. The second-order valence-corrected chi connectivity index (χ2v) is 8.57. The third-order valence-electron chi connectivity index (χ3n) is 3.87. The second kappa shape index (κ2) is 8.36. The molecule has 1 amide bonds. The van der Waals surface area contributed by atoms with Crippen molar-refractivity contribution in [1.29, 1.82) is 0 Å². The minimum absolute atomic E-state index is 0.0259. The highest BCUT2D eigenvalue weighted by Gasteiger charge is 2.42. The van der Waals surface area contributed by atoms with Gasteiger partial charge in [0.2, 0.25) is 15.9 Å². The maximum atomic E-state index is 12.2. The number of aliphatic hydroxyl groups is 1. The number of thioether (sulfide) groups is 1. The summed E-state index contributed by atoms with van der Waals surface area (Å²) in [5.41, 5.74) is 0.0259. The second-order valence-electron chi connectivity index (χ2n) is 5.55. The highest BCUT2D eigenvalue weighted by molar-refractivity contribution is 7.98. The molecule has 0 aromatic heterocycles. The van der Waals surface area contributed by atoms with Crippen LogP contribution in [-0.4, -0.2) is 56.4 Å². The van der Waals surface area contributed by atoms with Crippen molar-refractivity contribution in [3.8, 4) is 0 Å². The molecular formula is C13H26N2O4S2. The van der Waals surface area contributed by atoms with Gasteiger partial charge in [-0.25, -0.2) is 13.1 Å². The van der Waals surface area contributed by atoms with Crippen LogP contribution < -0.4 is 10.0 Å². The largest absolute Gasteiger partial charge is 0.396 e. The SMILES string of the molecule is CCS(=O)(=O)NC(CCSC)C(=O)NCC1(CCO)CC1. The number of hydrogen-bond donors (Lipinski definition) is 3. The van der Waals surface area contributed by atoms with Crippen molar-refractivity contribution >= 4 is 27.7 Å². The van der Waals surface area contributed by atoms with E-state index in [1.807, 2.05) is 6.26 Å². The number of carbonyl (C=O) groups is 1. The van der Waals surface area contributed by atoms with Gasteiger partial charge in [0.1, 0.15) is 6.04 Å². The van der Waals surface area contributed by atoms with Crippen molar-refractivity contribution in [3.63, 3.8) is 0 Å². The summed E-state index contributed by atoms with van der Waals surface area (Å²) >= 11 is 1.58. The molecule has 1 aliphatic rings. The average Bonchev–Trinajstić information content (AvgIpc) is 3.21. The molecule has 0 radical (unpaired) electrons. The zero-order valence-electron chi connectivity index (χ0n) is 12.7. The Morgan fingerprint density at radius 1 is 1.43 bits per heavy atom. The Bertz CT molecular complexity index is 435. The van der Waals surface area contributed by atoms with E-state index in [9.17, 15) is 13.2 Å². The van der Waals surface area contributed by atoms with Gasteiger partial charge in [-0.2, -0.15) is 11.8 Å². The highest BCUT2D eigenvalue weighted by Crippen LogP contribution is 2.47. The molecule has 21 heavy (non-hydrogen) atoms. The van der Waals surface area contributed by atoms with Crippen molar-refractivity contribution in [1.82, 2.24) is 10.0 Å². The molecule has 1 atom stereocenters. The van der Waals surface area contributed by atoms with Gasteiger partial charge in [0, 0.05) is 13.2 Å². The smallest absolute Gasteiger partial charge is 0.238 e. The van der Waals surface area contributed by atoms with Gasteiger partial charge < -0.3 is 10.4 Å². The van der Waals surface area contributed by atoms with Gasteiger partial charge in [-0.15, -0.1) is 0 Å². The molecule has 1 rings (SSSR count). The Morgan fingerprint density at radius 2 is 2.10 bits per heavy atom. The van der Waals surface area contributed by atoms with Crippen molar-refractivity contribution in [2.75, 3.05) is 30.9 Å². The van der Waals surface area contributed by atoms with E-state index in [1.165, 1.54) is 0 Å². The lowest BCUT2D eigenvalue weighted by molar-refractivity contribution is -0.123. The molecular weight excluding hydrogens is 312 g/mol. The zero-order chi connectivity index (χ0) is 15.9. The maximum absolute atomic E-state index is 12.2. The van der Waals surface area contributed by atoms with Crippen LogP contribution in [0.4, 0.5) is 0 Å². The number of aliphatic hydroxyl groups excluding tert-OH is 1. The van der Waals surface area contributed by atoms with Crippen LogP contribution in [-0.2, 0) is 14.8 Å². The molecule has 1 saturated carbocycles. The van der Waals surface area contributed by atoms with Crippen molar-refractivity contribution in [3.05, 3.63) is 0 Å². The molecule has 6 nitrogen and oxygen atoms in total. The fraction of sp³-hybridized carbons (Fsp3) is 0.923. The van der Waals surface area contributed by atoms with Gasteiger partial charge in [-0.05, 0) is 50.0 Å². The summed E-state index contributed by atoms with van der Waals surface area (Å²) in [6.07, 6.45) is 5.08. The topological polar surface area (TPSA) is 95.5 Å². The molecule has 0 spiro atoms. The monoisotopic (exact) mass is 338 g/mol. The first kappa shape index (κ1) is 18.7. The zero-order valence-corrected chi connectivity index (χ0v) is 14.4. The van der Waals surface area contributed by atoms with Gasteiger partial charge in [0.25, 0.3) is 0 Å². The van der Waals surface area contributed by atoms with Crippen molar-refractivity contribution < 1.29 is 18.3 Å². The first-order valence-corrected chi connectivity index (χ1v) is 10.3. The first-order valence-electron chi connectivity index (χ1n) is 7.25. The van der Waals surface area contributed by atoms with E-state index in [0.717, 1.165) is 12.8 Å². The van der Waals surface area contributed by atoms with Crippen LogP contribution in [0.3, 0.4) is 0 Å². The molecule has 0 aromatic rings. The average molecular weight is 338 g/mol. The minimum Gasteiger partial charge on any atom is -0.396 e. The van der Waals surface area contributed by atoms with E-state index in [2.05, 4.69) is 10.0 Å². The van der Waals surface area contributed by atoms with Crippen LogP contribution >= 0.6 is 11.8 Å². The van der Waals surface area contributed by atoms with Gasteiger partial charge in [0.15, 0.2) is 0 Å². The van der Waals surface area contributed by atoms with Crippen molar-refractivity contribution in [2.24, 2.45) is 5.41 Å². The summed E-state index contributed by atoms with van der Waals surface area (Å²) in [6.45, 7) is 2.18. The summed E-state index contributed by atoms with van der Waals surface area (Å²) in [6, 6.07) is -0.715. The first-order chi connectivity index (χ1) is 9.88. The predicted molar refractivity (Wildman–Crippen MR) is 85.8 cm³/mol. The van der Waals surface area contributed by atoms with Gasteiger partial charge in [-0.3, -0.25) is 4.79 Å². The van der Waals surface area contributed by atoms with E-state index in [0.29, 0.717) is 25.1 Å². The summed E-state index contributed by atoms with van der Waals surface area (Å²) < 4.78 is 25.8. The maximum Gasteiger partial charge on any atom is 0.238 e. The van der Waals surface area contributed by atoms with Crippen LogP contribution in [0, 0.1) is 5.41 Å². The molecule has 8 heteroatoms. The van der Waals surface area contributed by atoms with Crippen LogP contribution in [0.25, 0.3) is 0 Å². The Kier molecular flexibility index (Phi) is 7.46. The Balaban J connectivity index is 2.54. The lowest BCUT2D eigenvalue weighted by Crippen LogP contribution is -2.48. The summed E-state index contributed by atoms with van der Waals surface area (Å²) in [5.74, 6) is 0.404. The van der Waals surface area contributed by atoms with E-state index in [-0.39, 0.29) is 23.7 Å². The Labute approximate surface area is 131 Å². The fourth-order valence-corrected chi connectivity index (χ4v) is 3.40. The molecule has 0 saturated heterocycles. The number of rotatable bonds is 11. The number of hydrogen-bond acceptors (Lipinski definition) is 5. The van der Waals surface area contributed by atoms with Gasteiger partial charge >= 0.3 is 0 Å². The van der Waals surface area contributed by atoms with Gasteiger partial charge in [0.05, 0.1) is 5.75 Å². The predicted octanol–water partition coefficient (Wildman–Crippen LogP) is 0.326. The normalized spacial score (nSPS) is 18.2. The molecule has 0 heterocycles. The molecule has 1 unspecified atom stereocenters. The van der Waals surface area contributed by atoms with Gasteiger partial charge in [-0.1, -0.05) is 0 Å². The minimum atomic E-state index is -3.40. The fourth-order valence-electron chi connectivity index (χ4n) is 2.11. The van der Waals surface area contributed by atoms with E-state index < -0.39 is 16.1 Å². The summed E-state index contributed by atoms with van der Waals surface area (Å²) in [4.78, 5) is 12.2. The molecule has 0 aromatic carbocycles. The number of amides is 1. The standard InChI is InChI=1S/C13H26N2O4S2/c1-3-21(18,19)15-11(4-9-20-2)12(17)14-10-13(5-6-13)7-8-16/h11,15-16H,3-10H2,1-2H3,(H,14,17). The van der Waals surface area contributed by atoms with E-state index >= 15 is 0 Å². The third kappa shape index (κ3) is 6.54. The number of sulfonamides is 1. The van der Waals surface area contributed by atoms with Crippen LogP contribution in [0.1, 0.15) is 32.6 Å². The molecule has 1 aliphatic carbocycles. The molecule has 0 aliphatic heterocycles. The molecule has 124 valence electrons. The quantitative estimate of drug-likeness (QED) is 0.504. The summed E-state index contributed by atoms with van der Waals surface area (Å²) in [7, 11) is -3.40. The van der Waals surface area contributed by atoms with E-state index in [4.69, 9.17) is 5.11 Å². The lowest BCUT2D eigenvalue weighted by atomic mass is 10.0. The van der Waals surface area contributed by atoms with Crippen LogP contribution in [0.2, 0.25) is 0 Å². The number of nitrogens with one attached hydrogen (secondary N) is 2. The lowest BCUT2D eigenvalue weighted by Gasteiger charge is -2.20. The molecule has 0 bridgehead atoms. The van der Waals surface area contributed by atoms with Crippen LogP contribution in [0.5, 0.6) is 0 Å². The van der Waals surface area contributed by atoms with Crippen molar-refractivity contribution in [2.45, 2.75) is 38.6 Å². The highest BCUT2D eigenvalue weighted by atomic mass is 32.2. The molecule has 1 fully saturated rings.